The quantitative estimate of drug-likeness (QED) is 0.354. The zero-order valence-electron chi connectivity index (χ0n) is 4.13. The second-order valence-corrected chi connectivity index (χ2v) is 1.67. The first-order valence-electron chi connectivity index (χ1n) is 1.10. The molecular formula is CH5FeN2O4S. The van der Waals surface area contributed by atoms with Gasteiger partial charge < -0.3 is 6.15 Å². The van der Waals surface area contributed by atoms with Crippen molar-refractivity contribution < 1.29 is 33.5 Å². The minimum atomic E-state index is -4.67. The van der Waals surface area contributed by atoms with Gasteiger partial charge in [-0.1, -0.05) is 0 Å². The standard InChI is InChI=1S/CN.Fe.H3N.H2O4S/c1-2;;;1-5(2,3)4/h;;1H3;(H2,1,2,3,4). The molecule has 0 saturated heterocycles. The number of nitrogens with zero attached hydrogens (tertiary/aromatic N) is 1. The molecule has 0 spiro atoms. The summed E-state index contributed by atoms with van der Waals surface area (Å²) in [5.41, 5.74) is 0. The first-order valence-corrected chi connectivity index (χ1v) is 3.05. The SMILES string of the molecule is N.N#[C][Fe].O=S(=O)(O)O. The third kappa shape index (κ3) is 10400. The first-order chi connectivity index (χ1) is 3.41. The zero-order valence-corrected chi connectivity index (χ0v) is 6.05. The van der Waals surface area contributed by atoms with E-state index in [9.17, 15) is 0 Å². The molecule has 0 aliphatic heterocycles. The van der Waals surface area contributed by atoms with Gasteiger partial charge >= 0.3 is 36.6 Å². The van der Waals surface area contributed by atoms with Crippen LogP contribution in [0.4, 0.5) is 0 Å². The van der Waals surface area contributed by atoms with Crippen molar-refractivity contribution in [2.24, 2.45) is 0 Å². The molecule has 0 aliphatic rings. The molecule has 0 bridgehead atoms. The van der Waals surface area contributed by atoms with Crippen molar-refractivity contribution in [1.82, 2.24) is 6.15 Å². The molecule has 6 nitrogen and oxygen atoms in total. The normalized spacial score (nSPS) is 7.33. The third-order valence-electron chi connectivity index (χ3n) is 0. The molecule has 0 unspecified atom stereocenters. The Morgan fingerprint density at radius 3 is 1.44 bits per heavy atom. The van der Waals surface area contributed by atoms with Gasteiger partial charge in [0.25, 0.3) is 0 Å². The van der Waals surface area contributed by atoms with Crippen molar-refractivity contribution in [3.8, 4) is 4.97 Å². The molecule has 0 aromatic heterocycles. The Balaban J connectivity index is -0.0000000800. The van der Waals surface area contributed by atoms with E-state index in [2.05, 4.69) is 16.0 Å². The molecule has 0 rings (SSSR count). The second-order valence-electron chi connectivity index (χ2n) is 0.527. The molecule has 0 radical (unpaired) electrons. The van der Waals surface area contributed by atoms with Crippen LogP contribution in [0.15, 0.2) is 0 Å². The van der Waals surface area contributed by atoms with Crippen LogP contribution in [-0.4, -0.2) is 17.5 Å². The molecule has 0 fully saturated rings. The number of hydrogen-bond acceptors (Lipinski definition) is 4. The maximum atomic E-state index is 8.74. The minimum absolute atomic E-state index is 0. The van der Waals surface area contributed by atoms with E-state index in [0.29, 0.717) is 0 Å². The first kappa shape index (κ1) is 15.9. The largest absolute Gasteiger partial charge is 0.394 e. The summed E-state index contributed by atoms with van der Waals surface area (Å²) in [7, 11) is -4.67. The molecule has 8 heteroatoms. The van der Waals surface area contributed by atoms with Crippen molar-refractivity contribution >= 4 is 10.4 Å². The van der Waals surface area contributed by atoms with E-state index < -0.39 is 10.4 Å². The van der Waals surface area contributed by atoms with Crippen molar-refractivity contribution in [1.29, 1.82) is 5.26 Å². The van der Waals surface area contributed by atoms with Gasteiger partial charge in [-0.3, -0.25) is 9.11 Å². The van der Waals surface area contributed by atoms with Crippen LogP contribution >= 0.6 is 0 Å². The predicted molar refractivity (Wildman–Crippen MR) is 24.8 cm³/mol. The summed E-state index contributed by atoms with van der Waals surface area (Å²) in [4.78, 5) is 1.50. The van der Waals surface area contributed by atoms with E-state index in [1.807, 2.05) is 0 Å². The van der Waals surface area contributed by atoms with E-state index in [1.165, 1.54) is 4.97 Å². The topological polar surface area (TPSA) is 133 Å². The predicted octanol–water partition coefficient (Wildman–Crippen LogP) is -0.477. The molecular weight excluding hydrogens is 192 g/mol. The fourth-order valence-electron chi connectivity index (χ4n) is 0. The van der Waals surface area contributed by atoms with Crippen LogP contribution in [0.2, 0.25) is 0 Å². The van der Waals surface area contributed by atoms with Crippen LogP contribution < -0.4 is 6.15 Å². The van der Waals surface area contributed by atoms with Gasteiger partial charge in [-0.15, -0.1) is 0 Å². The molecule has 0 aliphatic carbocycles. The van der Waals surface area contributed by atoms with Gasteiger partial charge in [-0.25, -0.2) is 0 Å². The summed E-state index contributed by atoms with van der Waals surface area (Å²) in [6.07, 6.45) is 0. The Bertz CT molecular complexity index is 159. The van der Waals surface area contributed by atoms with Gasteiger partial charge in [0.05, 0.1) is 0 Å². The van der Waals surface area contributed by atoms with Crippen LogP contribution in [0.3, 0.4) is 0 Å². The van der Waals surface area contributed by atoms with Gasteiger partial charge in [-0.2, -0.15) is 8.42 Å². The van der Waals surface area contributed by atoms with Crippen molar-refractivity contribution in [2.75, 3.05) is 0 Å². The average molecular weight is 197 g/mol. The monoisotopic (exact) mass is 197 g/mol. The molecule has 57 valence electrons. The Labute approximate surface area is 60.8 Å². The molecule has 0 heterocycles. The van der Waals surface area contributed by atoms with Gasteiger partial charge in [0.1, 0.15) is 0 Å². The summed E-state index contributed by atoms with van der Waals surface area (Å²) in [6, 6.07) is 0. The molecule has 0 atom stereocenters. The second kappa shape index (κ2) is 7.84. The summed E-state index contributed by atoms with van der Waals surface area (Å²) >= 11 is 2.79. The molecule has 0 aromatic carbocycles. The smallest absolute Gasteiger partial charge is 0.264 e. The number of hydrogen-bond donors (Lipinski definition) is 3. The molecule has 0 aromatic rings. The Morgan fingerprint density at radius 2 is 1.44 bits per heavy atom. The van der Waals surface area contributed by atoms with Crippen LogP contribution in [-0.2, 0) is 26.4 Å². The maximum Gasteiger partial charge on any atom is 0.394 e. The summed E-state index contributed by atoms with van der Waals surface area (Å²) in [5.74, 6) is 0. The molecule has 0 saturated carbocycles. The van der Waals surface area contributed by atoms with Crippen molar-refractivity contribution in [3.05, 3.63) is 0 Å². The van der Waals surface area contributed by atoms with E-state index in [1.54, 1.807) is 0 Å². The Morgan fingerprint density at radius 1 is 1.44 bits per heavy atom. The molecule has 5 N–H and O–H groups in total. The van der Waals surface area contributed by atoms with Crippen molar-refractivity contribution in [3.63, 3.8) is 0 Å². The molecule has 9 heavy (non-hydrogen) atoms. The minimum Gasteiger partial charge on any atom is -0.264 e. The van der Waals surface area contributed by atoms with E-state index in [-0.39, 0.29) is 6.15 Å². The van der Waals surface area contributed by atoms with Gasteiger partial charge in [-0.05, 0) is 0 Å². The zero-order chi connectivity index (χ0) is 7.21. The van der Waals surface area contributed by atoms with E-state index in [0.717, 1.165) is 0 Å². The number of nitriles is 1. The fraction of sp³-hybridized carbons (Fsp3) is 0. The fourth-order valence-corrected chi connectivity index (χ4v) is 0. The molecule has 0 amide bonds. The summed E-state index contributed by atoms with van der Waals surface area (Å²) in [5, 5.41) is 7.21. The summed E-state index contributed by atoms with van der Waals surface area (Å²) < 4.78 is 31.6. The van der Waals surface area contributed by atoms with Gasteiger partial charge in [0.2, 0.25) is 0 Å². The van der Waals surface area contributed by atoms with Crippen LogP contribution in [0, 0.1) is 10.2 Å². The van der Waals surface area contributed by atoms with E-state index in [4.69, 9.17) is 22.8 Å². The summed E-state index contributed by atoms with van der Waals surface area (Å²) in [6.45, 7) is 0. The number of rotatable bonds is 0. The van der Waals surface area contributed by atoms with Crippen LogP contribution in [0.5, 0.6) is 0 Å². The van der Waals surface area contributed by atoms with Crippen LogP contribution in [0.25, 0.3) is 0 Å². The Kier molecular flexibility index (Phi) is 13.9. The Hall–Kier alpha value is -0.161. The average Bonchev–Trinajstić information content (AvgIpc) is 1.27. The van der Waals surface area contributed by atoms with Gasteiger partial charge in [0.15, 0.2) is 0 Å². The van der Waals surface area contributed by atoms with E-state index >= 15 is 0 Å². The maximum absolute atomic E-state index is 8.74. The van der Waals surface area contributed by atoms with Gasteiger partial charge in [0, 0.05) is 0 Å². The third-order valence-corrected chi connectivity index (χ3v) is 0. The van der Waals surface area contributed by atoms with Crippen LogP contribution in [0.1, 0.15) is 0 Å². The van der Waals surface area contributed by atoms with Crippen molar-refractivity contribution in [2.45, 2.75) is 0 Å².